The van der Waals surface area contributed by atoms with E-state index in [4.69, 9.17) is 20.3 Å². The number of phosphoric acid groups is 1. The summed E-state index contributed by atoms with van der Waals surface area (Å²) in [6.45, 7) is -0.320. The Morgan fingerprint density at radius 1 is 1.54 bits per heavy atom. The molecule has 3 atom stereocenters. The molecule has 3 heterocycles. The predicted octanol–water partition coefficient (Wildman–Crippen LogP) is -1.50. The lowest BCUT2D eigenvalue weighted by molar-refractivity contribution is -0.110. The Hall–Kier alpha value is -1.82. The van der Waals surface area contributed by atoms with Gasteiger partial charge in [-0.25, -0.2) is 9.55 Å². The Labute approximate surface area is 134 Å². The summed E-state index contributed by atoms with van der Waals surface area (Å²) in [6, 6.07) is -0.370. The number of rotatable bonds is 4. The molecule has 12 nitrogen and oxygen atoms in total. The fourth-order valence-electron chi connectivity index (χ4n) is 2.58. The van der Waals surface area contributed by atoms with Crippen LogP contribution in [-0.2, 0) is 13.8 Å². The van der Waals surface area contributed by atoms with Crippen molar-refractivity contribution in [1.29, 1.82) is 0 Å². The topological polar surface area (TPSA) is 186 Å². The van der Waals surface area contributed by atoms with Crippen molar-refractivity contribution >= 4 is 24.9 Å². The van der Waals surface area contributed by atoms with E-state index in [2.05, 4.69) is 19.5 Å². The molecule has 1 saturated heterocycles. The number of nitrogens with zero attached hydrogens (tertiary/aromatic N) is 3. The molecular formula is C11H16N5O7P. The zero-order valence-corrected chi connectivity index (χ0v) is 13.2. The number of aromatic amines is 1. The predicted molar refractivity (Wildman–Crippen MR) is 80.0 cm³/mol. The number of aromatic nitrogens is 4. The number of imidazole rings is 1. The molecule has 24 heavy (non-hydrogen) atoms. The van der Waals surface area contributed by atoms with Crippen molar-refractivity contribution in [3.8, 4) is 0 Å². The number of hydrogen-bond acceptors (Lipinski definition) is 8. The number of anilines is 1. The summed E-state index contributed by atoms with van der Waals surface area (Å²) in [4.78, 5) is 39.5. The van der Waals surface area contributed by atoms with E-state index in [1.54, 1.807) is 4.57 Å². The number of aliphatic hydroxyl groups excluding tert-OH is 1. The normalized spacial score (nSPS) is 25.2. The summed E-state index contributed by atoms with van der Waals surface area (Å²) in [7, 11) is -4.63. The van der Waals surface area contributed by atoms with E-state index in [0.717, 1.165) is 0 Å². The fraction of sp³-hybridized carbons (Fsp3) is 0.545. The summed E-state index contributed by atoms with van der Waals surface area (Å²) in [6.07, 6.45) is -0.286. The van der Waals surface area contributed by atoms with E-state index in [9.17, 15) is 14.5 Å². The van der Waals surface area contributed by atoms with Crippen LogP contribution in [0.25, 0.3) is 11.2 Å². The fourth-order valence-corrected chi connectivity index (χ4v) is 2.92. The van der Waals surface area contributed by atoms with Gasteiger partial charge in [-0.1, -0.05) is 0 Å². The highest BCUT2D eigenvalue weighted by molar-refractivity contribution is 7.46. The molecule has 0 aliphatic carbocycles. The van der Waals surface area contributed by atoms with Gasteiger partial charge in [-0.05, 0) is 6.42 Å². The first kappa shape index (κ1) is 17.0. The number of nitrogens with one attached hydrogen (secondary N) is 1. The van der Waals surface area contributed by atoms with Crippen molar-refractivity contribution < 1.29 is 28.7 Å². The number of phosphoric ester groups is 1. The van der Waals surface area contributed by atoms with Gasteiger partial charge in [0.2, 0.25) is 5.95 Å². The van der Waals surface area contributed by atoms with Gasteiger partial charge >= 0.3 is 7.82 Å². The Balaban J connectivity index is 1.77. The third kappa shape index (κ3) is 3.48. The number of nitrogen functional groups attached to an aromatic ring is 1. The lowest BCUT2D eigenvalue weighted by Crippen LogP contribution is -2.42. The second kappa shape index (κ2) is 6.24. The van der Waals surface area contributed by atoms with Gasteiger partial charge in [0.15, 0.2) is 11.2 Å². The lowest BCUT2D eigenvalue weighted by Gasteiger charge is -2.33. The highest BCUT2D eigenvalue weighted by Gasteiger charge is 2.33. The molecule has 0 spiro atoms. The van der Waals surface area contributed by atoms with Crippen molar-refractivity contribution in [3.63, 3.8) is 0 Å². The van der Waals surface area contributed by atoms with Gasteiger partial charge in [0, 0.05) is 0 Å². The largest absolute Gasteiger partial charge is 0.469 e. The molecule has 0 saturated carbocycles. The maximum Gasteiger partial charge on any atom is 0.469 e. The standard InChI is InChI=1S/C11H16N5O7P/c12-11-14-9-8(10(18)15-11)13-4-16(9)5-1-6(17)7(22-2-5)3-23-24(19,20)21/h4-7,17H,1-3H2,(H2,19,20,21)(H3,12,14,15,18). The average molecular weight is 361 g/mol. The third-order valence-electron chi connectivity index (χ3n) is 3.70. The second-order valence-electron chi connectivity index (χ2n) is 5.39. The minimum atomic E-state index is -4.63. The van der Waals surface area contributed by atoms with Crippen LogP contribution >= 0.6 is 7.82 Å². The number of aliphatic hydroxyl groups is 1. The molecule has 1 fully saturated rings. The number of hydrogen-bond donors (Lipinski definition) is 5. The lowest BCUT2D eigenvalue weighted by atomic mass is 10.0. The SMILES string of the molecule is Nc1nc2c(ncn2C2COC(COP(=O)(O)O)C(O)C2)c(=O)[nH]1. The van der Waals surface area contributed by atoms with Crippen molar-refractivity contribution in [2.24, 2.45) is 0 Å². The molecule has 3 unspecified atom stereocenters. The van der Waals surface area contributed by atoms with Gasteiger partial charge in [0.05, 0.1) is 31.7 Å². The van der Waals surface area contributed by atoms with Crippen LogP contribution in [0.5, 0.6) is 0 Å². The van der Waals surface area contributed by atoms with Crippen LogP contribution in [0, 0.1) is 0 Å². The van der Waals surface area contributed by atoms with Gasteiger partial charge in [-0.15, -0.1) is 0 Å². The Kier molecular flexibility index (Phi) is 4.42. The summed E-state index contributed by atoms with van der Waals surface area (Å²) < 4.78 is 22.1. The highest BCUT2D eigenvalue weighted by atomic mass is 31.2. The van der Waals surface area contributed by atoms with Crippen molar-refractivity contribution in [2.75, 3.05) is 18.9 Å². The van der Waals surface area contributed by atoms with Gasteiger partial charge in [-0.2, -0.15) is 4.98 Å². The first-order valence-electron chi connectivity index (χ1n) is 6.96. The van der Waals surface area contributed by atoms with Crippen molar-refractivity contribution in [1.82, 2.24) is 19.5 Å². The van der Waals surface area contributed by atoms with Crippen LogP contribution in [0.15, 0.2) is 11.1 Å². The quantitative estimate of drug-likeness (QED) is 0.401. The third-order valence-corrected chi connectivity index (χ3v) is 4.18. The Morgan fingerprint density at radius 3 is 2.96 bits per heavy atom. The maximum absolute atomic E-state index is 11.8. The summed E-state index contributed by atoms with van der Waals surface area (Å²) in [5.74, 6) is -0.0561. The van der Waals surface area contributed by atoms with E-state index in [1.807, 2.05) is 0 Å². The Morgan fingerprint density at radius 2 is 2.29 bits per heavy atom. The Bertz CT molecular complexity index is 845. The molecule has 132 valence electrons. The highest BCUT2D eigenvalue weighted by Crippen LogP contribution is 2.37. The van der Waals surface area contributed by atoms with Crippen molar-refractivity contribution in [2.45, 2.75) is 24.7 Å². The molecule has 0 radical (unpaired) electrons. The first-order valence-corrected chi connectivity index (χ1v) is 8.49. The van der Waals surface area contributed by atoms with E-state index >= 15 is 0 Å². The van der Waals surface area contributed by atoms with E-state index in [1.165, 1.54) is 6.33 Å². The average Bonchev–Trinajstić information content (AvgIpc) is 2.89. The molecule has 6 N–H and O–H groups in total. The molecule has 13 heteroatoms. The minimum Gasteiger partial charge on any atom is -0.390 e. The van der Waals surface area contributed by atoms with E-state index < -0.39 is 32.2 Å². The molecule has 1 aliphatic heterocycles. The second-order valence-corrected chi connectivity index (χ2v) is 6.63. The van der Waals surface area contributed by atoms with Crippen LogP contribution in [0.4, 0.5) is 5.95 Å². The van der Waals surface area contributed by atoms with Crippen LogP contribution in [-0.4, -0.2) is 59.8 Å². The molecular weight excluding hydrogens is 345 g/mol. The van der Waals surface area contributed by atoms with Crippen LogP contribution in [0.3, 0.4) is 0 Å². The maximum atomic E-state index is 11.8. The number of H-pyrrole nitrogens is 1. The molecule has 0 amide bonds. The summed E-state index contributed by atoms with van der Waals surface area (Å²) in [5, 5.41) is 10.1. The van der Waals surface area contributed by atoms with Crippen molar-refractivity contribution in [3.05, 3.63) is 16.7 Å². The number of fused-ring (bicyclic) bond motifs is 1. The number of nitrogens with two attached hydrogens (primary N) is 1. The van der Waals surface area contributed by atoms with E-state index in [-0.39, 0.29) is 36.2 Å². The zero-order valence-electron chi connectivity index (χ0n) is 12.3. The molecule has 2 aromatic rings. The molecule has 0 bridgehead atoms. The van der Waals surface area contributed by atoms with Gasteiger partial charge in [0.1, 0.15) is 6.10 Å². The summed E-state index contributed by atoms with van der Waals surface area (Å²) >= 11 is 0. The van der Waals surface area contributed by atoms with E-state index in [0.29, 0.717) is 0 Å². The minimum absolute atomic E-state index is 0.0561. The van der Waals surface area contributed by atoms with Crippen LogP contribution in [0.1, 0.15) is 12.5 Å². The van der Waals surface area contributed by atoms with Crippen LogP contribution < -0.4 is 11.3 Å². The smallest absolute Gasteiger partial charge is 0.390 e. The first-order chi connectivity index (χ1) is 11.2. The molecule has 0 aromatic carbocycles. The molecule has 3 rings (SSSR count). The zero-order chi connectivity index (χ0) is 17.5. The van der Waals surface area contributed by atoms with Gasteiger partial charge in [0.25, 0.3) is 5.56 Å². The molecule has 2 aromatic heterocycles. The number of ether oxygens (including phenoxy) is 1. The summed E-state index contributed by atoms with van der Waals surface area (Å²) in [5.41, 5.74) is 5.44. The van der Waals surface area contributed by atoms with Gasteiger partial charge in [-0.3, -0.25) is 14.3 Å². The van der Waals surface area contributed by atoms with Gasteiger partial charge < -0.3 is 29.9 Å². The monoisotopic (exact) mass is 361 g/mol. The molecule has 1 aliphatic rings. The van der Waals surface area contributed by atoms with Crippen LogP contribution in [0.2, 0.25) is 0 Å².